The van der Waals surface area contributed by atoms with Crippen molar-refractivity contribution in [2.45, 2.75) is 13.0 Å². The third-order valence-corrected chi connectivity index (χ3v) is 4.27. The zero-order chi connectivity index (χ0) is 12.0. The molecule has 1 atom stereocenters. The maximum Gasteiger partial charge on any atom is 0.254 e. The Morgan fingerprint density at radius 1 is 1.24 bits per heavy atom. The number of nitrogens with zero attached hydrogens (tertiary/aromatic N) is 1. The molecule has 0 saturated heterocycles. The number of carbonyl (C=O) groups is 1. The van der Waals surface area contributed by atoms with Crippen LogP contribution in [-0.4, -0.2) is 17.9 Å². The van der Waals surface area contributed by atoms with Gasteiger partial charge in [-0.25, -0.2) is 0 Å². The molecule has 86 valence electrons. The normalized spacial score (nSPS) is 18.6. The second-order valence-electron chi connectivity index (χ2n) is 4.37. The molecule has 0 radical (unpaired) electrons. The highest BCUT2D eigenvalue weighted by atomic mass is 32.1. The van der Waals surface area contributed by atoms with Crippen LogP contribution >= 0.6 is 11.3 Å². The molecular weight excluding hydrogens is 230 g/mol. The van der Waals surface area contributed by atoms with E-state index in [-0.39, 0.29) is 11.9 Å². The van der Waals surface area contributed by atoms with Crippen molar-refractivity contribution in [2.75, 3.05) is 7.05 Å². The molecule has 2 heterocycles. The van der Waals surface area contributed by atoms with Crippen molar-refractivity contribution >= 4 is 17.2 Å². The second-order valence-corrected chi connectivity index (χ2v) is 5.35. The van der Waals surface area contributed by atoms with E-state index in [0.717, 1.165) is 5.56 Å². The summed E-state index contributed by atoms with van der Waals surface area (Å²) in [5.74, 6) is 0.127. The van der Waals surface area contributed by atoms with E-state index < -0.39 is 0 Å². The minimum Gasteiger partial charge on any atom is -0.330 e. The Bertz CT molecular complexity index is 574. The minimum absolute atomic E-state index is 0.0960. The quantitative estimate of drug-likeness (QED) is 0.753. The van der Waals surface area contributed by atoms with Crippen molar-refractivity contribution in [1.29, 1.82) is 0 Å². The zero-order valence-corrected chi connectivity index (χ0v) is 10.6. The van der Waals surface area contributed by atoms with Gasteiger partial charge in [0.2, 0.25) is 0 Å². The molecule has 3 rings (SSSR count). The lowest BCUT2D eigenvalue weighted by molar-refractivity contribution is 0.0795. The minimum atomic E-state index is 0.0960. The number of benzene rings is 1. The number of aryl methyl sites for hydroxylation is 1. The number of amides is 1. The van der Waals surface area contributed by atoms with E-state index in [9.17, 15) is 4.79 Å². The first-order valence-corrected chi connectivity index (χ1v) is 6.48. The van der Waals surface area contributed by atoms with E-state index in [2.05, 4.69) is 24.4 Å². The maximum atomic E-state index is 12.2. The molecule has 17 heavy (non-hydrogen) atoms. The average Bonchev–Trinajstić information content (AvgIpc) is 2.90. The third kappa shape index (κ3) is 1.42. The van der Waals surface area contributed by atoms with Crippen molar-refractivity contribution in [3.05, 3.63) is 57.3 Å². The largest absolute Gasteiger partial charge is 0.330 e. The molecule has 0 fully saturated rings. The fourth-order valence-corrected chi connectivity index (χ4v) is 3.39. The van der Waals surface area contributed by atoms with Crippen LogP contribution in [0.4, 0.5) is 0 Å². The number of fused-ring (bicyclic) bond motifs is 1. The molecule has 1 aromatic carbocycles. The predicted octanol–water partition coefficient (Wildman–Crippen LogP) is 3.23. The number of rotatable bonds is 1. The van der Waals surface area contributed by atoms with Crippen molar-refractivity contribution in [3.8, 4) is 0 Å². The number of hydrogen-bond acceptors (Lipinski definition) is 2. The smallest absolute Gasteiger partial charge is 0.254 e. The molecule has 0 saturated carbocycles. The second kappa shape index (κ2) is 3.70. The van der Waals surface area contributed by atoms with Crippen molar-refractivity contribution in [1.82, 2.24) is 4.90 Å². The standard InChI is InChI=1S/C14H13NOS/c1-9-5-3-6-10-12(9)13(15(2)14(10)16)11-7-4-8-17-11/h3-8,13H,1-2H3. The molecule has 1 unspecified atom stereocenters. The van der Waals surface area contributed by atoms with E-state index in [1.165, 1.54) is 16.0 Å². The van der Waals surface area contributed by atoms with Crippen molar-refractivity contribution < 1.29 is 4.79 Å². The highest BCUT2D eigenvalue weighted by Crippen LogP contribution is 2.40. The van der Waals surface area contributed by atoms with Gasteiger partial charge in [-0.3, -0.25) is 4.79 Å². The Balaban J connectivity index is 2.23. The molecule has 3 heteroatoms. The van der Waals surface area contributed by atoms with E-state index in [1.807, 2.05) is 30.1 Å². The Morgan fingerprint density at radius 3 is 2.76 bits per heavy atom. The first kappa shape index (κ1) is 10.5. The molecule has 0 bridgehead atoms. The zero-order valence-electron chi connectivity index (χ0n) is 9.81. The summed E-state index contributed by atoms with van der Waals surface area (Å²) in [4.78, 5) is 15.3. The first-order valence-electron chi connectivity index (χ1n) is 5.60. The molecule has 1 aromatic heterocycles. The fourth-order valence-electron chi connectivity index (χ4n) is 2.51. The van der Waals surface area contributed by atoms with Gasteiger partial charge < -0.3 is 4.90 Å². The van der Waals surface area contributed by atoms with E-state index in [0.29, 0.717) is 0 Å². The van der Waals surface area contributed by atoms with Crippen LogP contribution < -0.4 is 0 Å². The monoisotopic (exact) mass is 243 g/mol. The SMILES string of the molecule is Cc1cccc2c1C(c1cccs1)N(C)C2=O. The van der Waals surface area contributed by atoms with Gasteiger partial charge in [0.15, 0.2) is 0 Å². The van der Waals surface area contributed by atoms with Crippen LogP contribution in [0.15, 0.2) is 35.7 Å². The van der Waals surface area contributed by atoms with Crippen LogP contribution in [0.5, 0.6) is 0 Å². The molecular formula is C14H13NOS. The Hall–Kier alpha value is -1.61. The summed E-state index contributed by atoms with van der Waals surface area (Å²) >= 11 is 1.70. The van der Waals surface area contributed by atoms with E-state index in [4.69, 9.17) is 0 Å². The molecule has 1 amide bonds. The highest BCUT2D eigenvalue weighted by Gasteiger charge is 2.36. The lowest BCUT2D eigenvalue weighted by Crippen LogP contribution is -2.23. The molecule has 2 nitrogen and oxygen atoms in total. The van der Waals surface area contributed by atoms with Crippen LogP contribution in [0.3, 0.4) is 0 Å². The summed E-state index contributed by atoms with van der Waals surface area (Å²) in [7, 11) is 1.88. The predicted molar refractivity (Wildman–Crippen MR) is 69.4 cm³/mol. The van der Waals surface area contributed by atoms with Crippen LogP contribution in [0.25, 0.3) is 0 Å². The fraction of sp³-hybridized carbons (Fsp3) is 0.214. The summed E-state index contributed by atoms with van der Waals surface area (Å²) < 4.78 is 0. The maximum absolute atomic E-state index is 12.2. The molecule has 0 aliphatic carbocycles. The topological polar surface area (TPSA) is 20.3 Å². The highest BCUT2D eigenvalue weighted by molar-refractivity contribution is 7.10. The van der Waals surface area contributed by atoms with Gasteiger partial charge in [0.25, 0.3) is 5.91 Å². The van der Waals surface area contributed by atoms with Gasteiger partial charge in [-0.2, -0.15) is 0 Å². The van der Waals surface area contributed by atoms with Crippen molar-refractivity contribution in [3.63, 3.8) is 0 Å². The Morgan fingerprint density at radius 2 is 2.06 bits per heavy atom. The summed E-state index contributed by atoms with van der Waals surface area (Å²) in [6.45, 7) is 2.08. The Labute approximate surface area is 105 Å². The van der Waals surface area contributed by atoms with Gasteiger partial charge in [-0.1, -0.05) is 18.2 Å². The lowest BCUT2D eigenvalue weighted by Gasteiger charge is -2.20. The van der Waals surface area contributed by atoms with Crippen LogP contribution in [0.1, 0.15) is 32.4 Å². The molecule has 1 aliphatic heterocycles. The first-order chi connectivity index (χ1) is 8.20. The summed E-state index contributed by atoms with van der Waals surface area (Å²) in [5, 5.41) is 2.06. The average molecular weight is 243 g/mol. The van der Waals surface area contributed by atoms with Gasteiger partial charge >= 0.3 is 0 Å². The molecule has 0 N–H and O–H groups in total. The lowest BCUT2D eigenvalue weighted by atomic mass is 9.98. The molecule has 0 spiro atoms. The van der Waals surface area contributed by atoms with Gasteiger partial charge in [-0.15, -0.1) is 11.3 Å². The van der Waals surface area contributed by atoms with Gasteiger partial charge in [-0.05, 0) is 35.6 Å². The summed E-state index contributed by atoms with van der Waals surface area (Å²) in [6, 6.07) is 10.2. The van der Waals surface area contributed by atoms with Crippen LogP contribution in [-0.2, 0) is 0 Å². The molecule has 2 aromatic rings. The van der Waals surface area contributed by atoms with Gasteiger partial charge in [0.05, 0.1) is 6.04 Å². The van der Waals surface area contributed by atoms with Crippen molar-refractivity contribution in [2.24, 2.45) is 0 Å². The van der Waals surface area contributed by atoms with Crippen LogP contribution in [0.2, 0.25) is 0 Å². The number of carbonyl (C=O) groups excluding carboxylic acids is 1. The molecule has 1 aliphatic rings. The summed E-state index contributed by atoms with van der Waals surface area (Å²) in [5.41, 5.74) is 3.21. The van der Waals surface area contributed by atoms with Gasteiger partial charge in [0.1, 0.15) is 0 Å². The Kier molecular flexibility index (Phi) is 2.30. The number of hydrogen-bond donors (Lipinski definition) is 0. The number of thiophene rings is 1. The third-order valence-electron chi connectivity index (χ3n) is 3.35. The summed E-state index contributed by atoms with van der Waals surface area (Å²) in [6.07, 6.45) is 0. The van der Waals surface area contributed by atoms with E-state index >= 15 is 0 Å². The van der Waals surface area contributed by atoms with E-state index in [1.54, 1.807) is 11.3 Å². The van der Waals surface area contributed by atoms with Crippen LogP contribution in [0, 0.1) is 6.92 Å². The van der Waals surface area contributed by atoms with Gasteiger partial charge in [0, 0.05) is 17.5 Å².